The Balaban J connectivity index is 1.89. The lowest BCUT2D eigenvalue weighted by Crippen LogP contribution is -2.13. The van der Waals surface area contributed by atoms with Gasteiger partial charge in [-0.05, 0) is 43.7 Å². The second-order valence-corrected chi connectivity index (χ2v) is 6.17. The molecule has 1 N–H and O–H groups in total. The highest BCUT2D eigenvalue weighted by Crippen LogP contribution is 2.33. The van der Waals surface area contributed by atoms with Crippen LogP contribution in [0.3, 0.4) is 0 Å². The minimum absolute atomic E-state index is 0.257. The molecule has 2 aromatic carbocycles. The summed E-state index contributed by atoms with van der Waals surface area (Å²) in [7, 11) is 3.11. The van der Waals surface area contributed by atoms with Crippen molar-refractivity contribution in [2.75, 3.05) is 19.5 Å². The lowest BCUT2D eigenvalue weighted by atomic mass is 10.0. The average molecular weight is 378 g/mol. The molecule has 0 fully saturated rings. The number of amides is 1. The number of benzene rings is 2. The van der Waals surface area contributed by atoms with Crippen LogP contribution in [0.4, 0.5) is 5.69 Å². The number of oxazole rings is 1. The maximum absolute atomic E-state index is 12.8. The number of aromatic nitrogens is 1. The van der Waals surface area contributed by atoms with Crippen molar-refractivity contribution in [2.45, 2.75) is 13.3 Å². The van der Waals surface area contributed by atoms with Crippen molar-refractivity contribution in [1.82, 2.24) is 4.98 Å². The van der Waals surface area contributed by atoms with E-state index in [9.17, 15) is 4.79 Å². The van der Waals surface area contributed by atoms with Crippen molar-refractivity contribution in [1.29, 1.82) is 0 Å². The predicted octanol–water partition coefficient (Wildman–Crippen LogP) is 4.65. The number of allylic oxidation sites excluding steroid dienone is 1. The van der Waals surface area contributed by atoms with Crippen molar-refractivity contribution in [3.8, 4) is 23.0 Å². The Morgan fingerprint density at radius 1 is 1.25 bits per heavy atom. The Labute approximate surface area is 163 Å². The Bertz CT molecular complexity index is 1010. The van der Waals surface area contributed by atoms with Crippen LogP contribution in [-0.4, -0.2) is 25.1 Å². The van der Waals surface area contributed by atoms with Gasteiger partial charge in [0, 0.05) is 22.4 Å². The molecule has 3 aromatic rings. The summed E-state index contributed by atoms with van der Waals surface area (Å²) in [5.41, 5.74) is 2.71. The summed E-state index contributed by atoms with van der Waals surface area (Å²) in [5, 5.41) is 2.90. The Morgan fingerprint density at radius 2 is 2.07 bits per heavy atom. The van der Waals surface area contributed by atoms with Gasteiger partial charge in [-0.1, -0.05) is 12.1 Å². The highest BCUT2D eigenvalue weighted by Gasteiger charge is 2.16. The van der Waals surface area contributed by atoms with Gasteiger partial charge in [0.1, 0.15) is 5.76 Å². The third-order valence-corrected chi connectivity index (χ3v) is 4.17. The predicted molar refractivity (Wildman–Crippen MR) is 108 cm³/mol. The van der Waals surface area contributed by atoms with Gasteiger partial charge in [0.25, 0.3) is 5.91 Å². The number of rotatable bonds is 7. The van der Waals surface area contributed by atoms with Gasteiger partial charge in [-0.15, -0.1) is 6.58 Å². The monoisotopic (exact) mass is 378 g/mol. The number of aryl methyl sites for hydroxylation is 1. The first-order chi connectivity index (χ1) is 13.5. The molecule has 0 bridgehead atoms. The van der Waals surface area contributed by atoms with E-state index < -0.39 is 0 Å². The van der Waals surface area contributed by atoms with Crippen LogP contribution in [0.1, 0.15) is 21.7 Å². The smallest absolute Gasteiger partial charge is 0.255 e. The quantitative estimate of drug-likeness (QED) is 0.606. The maximum Gasteiger partial charge on any atom is 0.255 e. The van der Waals surface area contributed by atoms with Crippen molar-refractivity contribution in [3.63, 3.8) is 0 Å². The SMILES string of the molecule is C=CCc1cc(C(=O)Nc2cccc(-c3ncc(C)o3)c2)cc(OC)c1OC. The lowest BCUT2D eigenvalue weighted by Gasteiger charge is -2.14. The molecule has 6 nitrogen and oxygen atoms in total. The minimum Gasteiger partial charge on any atom is -0.493 e. The lowest BCUT2D eigenvalue weighted by molar-refractivity contribution is 0.102. The summed E-state index contributed by atoms with van der Waals surface area (Å²) in [6, 6.07) is 10.8. The highest BCUT2D eigenvalue weighted by atomic mass is 16.5. The molecule has 0 atom stereocenters. The second-order valence-electron chi connectivity index (χ2n) is 6.17. The third kappa shape index (κ3) is 4.06. The average Bonchev–Trinajstić information content (AvgIpc) is 3.14. The van der Waals surface area contributed by atoms with Crippen molar-refractivity contribution in [3.05, 3.63) is 72.1 Å². The van der Waals surface area contributed by atoms with E-state index in [0.29, 0.717) is 35.1 Å². The van der Waals surface area contributed by atoms with E-state index in [0.717, 1.165) is 16.9 Å². The number of carbonyl (C=O) groups excluding carboxylic acids is 1. The van der Waals surface area contributed by atoms with Gasteiger partial charge in [0.05, 0.1) is 20.4 Å². The molecule has 1 amide bonds. The molecule has 3 rings (SSSR count). The van der Waals surface area contributed by atoms with Crippen LogP contribution in [-0.2, 0) is 6.42 Å². The molecule has 144 valence electrons. The molecular formula is C22H22N2O4. The van der Waals surface area contributed by atoms with E-state index >= 15 is 0 Å². The van der Waals surface area contributed by atoms with E-state index in [1.165, 1.54) is 0 Å². The molecule has 28 heavy (non-hydrogen) atoms. The van der Waals surface area contributed by atoms with Crippen LogP contribution in [0.5, 0.6) is 11.5 Å². The number of anilines is 1. The van der Waals surface area contributed by atoms with E-state index in [1.54, 1.807) is 38.6 Å². The molecule has 1 aromatic heterocycles. The van der Waals surface area contributed by atoms with Gasteiger partial charge in [0.2, 0.25) is 5.89 Å². The molecular weight excluding hydrogens is 356 g/mol. The van der Waals surface area contributed by atoms with Gasteiger partial charge in [-0.3, -0.25) is 4.79 Å². The van der Waals surface area contributed by atoms with E-state index in [1.807, 2.05) is 31.2 Å². The minimum atomic E-state index is -0.257. The number of carbonyl (C=O) groups is 1. The van der Waals surface area contributed by atoms with Gasteiger partial charge < -0.3 is 19.2 Å². The van der Waals surface area contributed by atoms with Crippen molar-refractivity contribution in [2.24, 2.45) is 0 Å². The molecule has 0 radical (unpaired) electrons. The number of ether oxygens (including phenoxy) is 2. The van der Waals surface area contributed by atoms with Gasteiger partial charge in [-0.25, -0.2) is 4.98 Å². The fourth-order valence-corrected chi connectivity index (χ4v) is 2.90. The molecule has 0 unspecified atom stereocenters. The first-order valence-corrected chi connectivity index (χ1v) is 8.75. The molecule has 0 aliphatic rings. The first kappa shape index (κ1) is 19.2. The fraction of sp³-hybridized carbons (Fsp3) is 0.182. The number of hydrogen-bond donors (Lipinski definition) is 1. The molecule has 0 aliphatic carbocycles. The fourth-order valence-electron chi connectivity index (χ4n) is 2.90. The summed E-state index contributed by atoms with van der Waals surface area (Å²) < 4.78 is 16.4. The Kier molecular flexibility index (Phi) is 5.79. The van der Waals surface area contributed by atoms with E-state index in [2.05, 4.69) is 16.9 Å². The molecule has 1 heterocycles. The molecule has 0 saturated carbocycles. The summed E-state index contributed by atoms with van der Waals surface area (Å²) in [5.74, 6) is 2.07. The van der Waals surface area contributed by atoms with Gasteiger partial charge >= 0.3 is 0 Å². The van der Waals surface area contributed by atoms with Crippen LogP contribution < -0.4 is 14.8 Å². The molecule has 6 heteroatoms. The zero-order valence-corrected chi connectivity index (χ0v) is 16.1. The topological polar surface area (TPSA) is 73.6 Å². The summed E-state index contributed by atoms with van der Waals surface area (Å²) in [6.07, 6.45) is 3.96. The zero-order valence-electron chi connectivity index (χ0n) is 16.1. The van der Waals surface area contributed by atoms with Gasteiger partial charge in [0.15, 0.2) is 11.5 Å². The van der Waals surface area contributed by atoms with Crippen LogP contribution in [0.15, 0.2) is 59.7 Å². The number of hydrogen-bond acceptors (Lipinski definition) is 5. The third-order valence-electron chi connectivity index (χ3n) is 4.17. The molecule has 0 saturated heterocycles. The van der Waals surface area contributed by atoms with Crippen LogP contribution in [0.2, 0.25) is 0 Å². The Hall–Kier alpha value is -3.54. The first-order valence-electron chi connectivity index (χ1n) is 8.75. The molecule has 0 spiro atoms. The van der Waals surface area contributed by atoms with Crippen LogP contribution in [0.25, 0.3) is 11.5 Å². The summed E-state index contributed by atoms with van der Waals surface area (Å²) in [4.78, 5) is 17.0. The summed E-state index contributed by atoms with van der Waals surface area (Å²) >= 11 is 0. The van der Waals surface area contributed by atoms with Gasteiger partial charge in [-0.2, -0.15) is 0 Å². The second kappa shape index (κ2) is 8.43. The van der Waals surface area contributed by atoms with Crippen molar-refractivity contribution >= 4 is 11.6 Å². The van der Waals surface area contributed by atoms with E-state index in [-0.39, 0.29) is 5.91 Å². The van der Waals surface area contributed by atoms with Crippen LogP contribution >= 0.6 is 0 Å². The van der Waals surface area contributed by atoms with E-state index in [4.69, 9.17) is 13.9 Å². The molecule has 0 aliphatic heterocycles. The highest BCUT2D eigenvalue weighted by molar-refractivity contribution is 6.05. The largest absolute Gasteiger partial charge is 0.493 e. The van der Waals surface area contributed by atoms with Crippen molar-refractivity contribution < 1.29 is 18.7 Å². The number of nitrogens with one attached hydrogen (secondary N) is 1. The summed E-state index contributed by atoms with van der Waals surface area (Å²) in [6.45, 7) is 5.59. The van der Waals surface area contributed by atoms with Crippen LogP contribution in [0, 0.1) is 6.92 Å². The maximum atomic E-state index is 12.8. The zero-order chi connectivity index (χ0) is 20.1. The normalized spacial score (nSPS) is 10.4. The Morgan fingerprint density at radius 3 is 2.71 bits per heavy atom. The number of methoxy groups -OCH3 is 2. The standard InChI is InChI=1S/C22H22N2O4/c1-5-7-15-10-17(12-19(26-3)20(15)27-4)21(25)24-18-9-6-8-16(11-18)22-23-13-14(2)28-22/h5-6,8-13H,1,7H2,2-4H3,(H,24,25). The number of nitrogens with zero attached hydrogens (tertiary/aromatic N) is 1.